The number of benzene rings is 2. The summed E-state index contributed by atoms with van der Waals surface area (Å²) in [5, 5.41) is 0. The molecule has 1 aliphatic rings. The van der Waals surface area contributed by atoms with E-state index in [-0.39, 0.29) is 33.9 Å². The van der Waals surface area contributed by atoms with Gasteiger partial charge in [-0.1, -0.05) is 18.3 Å². The van der Waals surface area contributed by atoms with Crippen molar-refractivity contribution in [3.05, 3.63) is 58.4 Å². The van der Waals surface area contributed by atoms with Crippen LogP contribution in [-0.2, 0) is 21.3 Å². The lowest BCUT2D eigenvalue weighted by Crippen LogP contribution is -2.40. The van der Waals surface area contributed by atoms with Crippen LogP contribution < -0.4 is 4.80 Å². The van der Waals surface area contributed by atoms with E-state index in [0.29, 0.717) is 30.9 Å². The van der Waals surface area contributed by atoms with Crippen molar-refractivity contribution < 1.29 is 26.7 Å². The maximum atomic E-state index is 14.4. The molecule has 2 heterocycles. The molecule has 0 radical (unpaired) electrons. The standard InChI is InChI=1S/C21H21F2N3O4S2/c1-2-7-26-19-17(23)12-15(22)13-18(19)31-21(26)24-20(27)14-3-5-16(6-4-14)32(28,29)25-8-10-30-11-9-25/h3-6,12-13H,2,7-11H2,1H3. The molecule has 0 atom stereocenters. The predicted octanol–water partition coefficient (Wildman–Crippen LogP) is 3.15. The second-order valence-corrected chi connectivity index (χ2v) is 10.2. The fourth-order valence-electron chi connectivity index (χ4n) is 3.50. The van der Waals surface area contributed by atoms with Crippen LogP contribution in [0.2, 0.25) is 0 Å². The molecule has 2 aromatic carbocycles. The Bertz CT molecular complexity index is 1330. The smallest absolute Gasteiger partial charge is 0.279 e. The predicted molar refractivity (Wildman–Crippen MR) is 116 cm³/mol. The average molecular weight is 482 g/mol. The first-order valence-corrected chi connectivity index (χ1v) is 12.3. The molecule has 0 saturated carbocycles. The van der Waals surface area contributed by atoms with E-state index in [4.69, 9.17) is 4.74 Å². The van der Waals surface area contributed by atoms with Gasteiger partial charge in [-0.3, -0.25) is 4.79 Å². The number of carbonyl (C=O) groups is 1. The molecule has 1 aromatic heterocycles. The van der Waals surface area contributed by atoms with Gasteiger partial charge in [-0.15, -0.1) is 0 Å². The number of rotatable bonds is 5. The third kappa shape index (κ3) is 4.38. The first kappa shape index (κ1) is 22.7. The molecular formula is C21H21F2N3O4S2. The molecule has 1 amide bonds. The Morgan fingerprint density at radius 3 is 2.50 bits per heavy atom. The lowest BCUT2D eigenvalue weighted by Gasteiger charge is -2.26. The van der Waals surface area contributed by atoms with Gasteiger partial charge < -0.3 is 9.30 Å². The molecule has 1 aliphatic heterocycles. The highest BCUT2D eigenvalue weighted by Gasteiger charge is 2.26. The van der Waals surface area contributed by atoms with Crippen LogP contribution in [0.5, 0.6) is 0 Å². The number of fused-ring (bicyclic) bond motifs is 1. The van der Waals surface area contributed by atoms with Gasteiger partial charge in [0.05, 0.1) is 28.3 Å². The van der Waals surface area contributed by atoms with Crippen LogP contribution in [0.15, 0.2) is 46.3 Å². The summed E-state index contributed by atoms with van der Waals surface area (Å²) in [5.41, 5.74) is 0.398. The molecule has 0 unspecified atom stereocenters. The number of aromatic nitrogens is 1. The first-order chi connectivity index (χ1) is 15.3. The largest absolute Gasteiger partial charge is 0.379 e. The summed E-state index contributed by atoms with van der Waals surface area (Å²) >= 11 is 1.02. The fourth-order valence-corrected chi connectivity index (χ4v) is 6.00. The van der Waals surface area contributed by atoms with Gasteiger partial charge in [-0.2, -0.15) is 9.30 Å². The van der Waals surface area contributed by atoms with Crippen molar-refractivity contribution in [2.75, 3.05) is 26.3 Å². The molecule has 1 fully saturated rings. The highest BCUT2D eigenvalue weighted by atomic mass is 32.2. The SMILES string of the molecule is CCCn1c(=NC(=O)c2ccc(S(=O)(=O)N3CCOCC3)cc2)sc2cc(F)cc(F)c21. The molecule has 3 aromatic rings. The average Bonchev–Trinajstić information content (AvgIpc) is 3.11. The Morgan fingerprint density at radius 1 is 1.16 bits per heavy atom. The van der Waals surface area contributed by atoms with Crippen molar-refractivity contribution in [1.29, 1.82) is 0 Å². The molecule has 1 saturated heterocycles. The van der Waals surface area contributed by atoms with E-state index in [2.05, 4.69) is 4.99 Å². The zero-order chi connectivity index (χ0) is 22.9. The summed E-state index contributed by atoms with van der Waals surface area (Å²) in [6.07, 6.45) is 0.665. The minimum absolute atomic E-state index is 0.0800. The van der Waals surface area contributed by atoms with Crippen LogP contribution in [0.4, 0.5) is 8.78 Å². The van der Waals surface area contributed by atoms with Crippen molar-refractivity contribution >= 4 is 37.5 Å². The maximum Gasteiger partial charge on any atom is 0.279 e. The van der Waals surface area contributed by atoms with E-state index in [1.807, 2.05) is 6.92 Å². The van der Waals surface area contributed by atoms with Gasteiger partial charge in [0.15, 0.2) is 10.6 Å². The first-order valence-electron chi connectivity index (χ1n) is 10.1. The molecule has 7 nitrogen and oxygen atoms in total. The third-order valence-corrected chi connectivity index (χ3v) is 7.99. The normalized spacial score (nSPS) is 16.0. The van der Waals surface area contributed by atoms with Crippen LogP contribution in [-0.4, -0.2) is 49.5 Å². The number of sulfonamides is 1. The van der Waals surface area contributed by atoms with E-state index in [9.17, 15) is 22.0 Å². The van der Waals surface area contributed by atoms with Crippen molar-refractivity contribution in [3.8, 4) is 0 Å². The van der Waals surface area contributed by atoms with Crippen LogP contribution >= 0.6 is 11.3 Å². The zero-order valence-corrected chi connectivity index (χ0v) is 18.9. The van der Waals surface area contributed by atoms with Gasteiger partial charge in [0, 0.05) is 31.3 Å². The molecule has 32 heavy (non-hydrogen) atoms. The molecular weight excluding hydrogens is 460 g/mol. The van der Waals surface area contributed by atoms with Crippen LogP contribution in [0.3, 0.4) is 0 Å². The van der Waals surface area contributed by atoms with Crippen molar-refractivity contribution in [3.63, 3.8) is 0 Å². The van der Waals surface area contributed by atoms with Gasteiger partial charge in [0.2, 0.25) is 10.0 Å². The van der Waals surface area contributed by atoms with E-state index in [0.717, 1.165) is 17.4 Å². The Labute approximate surface area is 187 Å². The van der Waals surface area contributed by atoms with Gasteiger partial charge >= 0.3 is 0 Å². The number of amides is 1. The lowest BCUT2D eigenvalue weighted by atomic mass is 10.2. The number of morpholine rings is 1. The monoisotopic (exact) mass is 481 g/mol. The van der Waals surface area contributed by atoms with E-state index in [1.165, 1.54) is 34.6 Å². The summed E-state index contributed by atoms with van der Waals surface area (Å²) < 4.78 is 61.9. The summed E-state index contributed by atoms with van der Waals surface area (Å²) in [5.74, 6) is -2.01. The molecule has 0 N–H and O–H groups in total. The van der Waals surface area contributed by atoms with Crippen LogP contribution in [0.25, 0.3) is 10.2 Å². The molecule has 0 spiro atoms. The summed E-state index contributed by atoms with van der Waals surface area (Å²) in [7, 11) is -3.67. The van der Waals surface area contributed by atoms with Gasteiger partial charge in [-0.05, 0) is 36.8 Å². The Morgan fingerprint density at radius 2 is 1.84 bits per heavy atom. The topological polar surface area (TPSA) is 81.0 Å². The van der Waals surface area contributed by atoms with Gasteiger partial charge in [0.1, 0.15) is 5.82 Å². The highest BCUT2D eigenvalue weighted by Crippen LogP contribution is 2.23. The van der Waals surface area contributed by atoms with Crippen molar-refractivity contribution in [1.82, 2.24) is 8.87 Å². The highest BCUT2D eigenvalue weighted by molar-refractivity contribution is 7.89. The third-order valence-electron chi connectivity index (χ3n) is 5.05. The maximum absolute atomic E-state index is 14.4. The molecule has 0 aliphatic carbocycles. The Hall–Kier alpha value is -2.47. The number of thiazole rings is 1. The number of aryl methyl sites for hydroxylation is 1. The van der Waals surface area contributed by atoms with E-state index in [1.54, 1.807) is 4.57 Å². The van der Waals surface area contributed by atoms with Gasteiger partial charge in [-0.25, -0.2) is 17.2 Å². The molecule has 4 rings (SSSR count). The van der Waals surface area contributed by atoms with Crippen molar-refractivity contribution in [2.24, 2.45) is 4.99 Å². The molecule has 0 bridgehead atoms. The van der Waals surface area contributed by atoms with Crippen LogP contribution in [0.1, 0.15) is 23.7 Å². The second-order valence-electron chi connectivity index (χ2n) is 7.23. The van der Waals surface area contributed by atoms with Crippen LogP contribution in [0, 0.1) is 11.6 Å². The minimum Gasteiger partial charge on any atom is -0.379 e. The Kier molecular flexibility index (Phi) is 6.52. The number of nitrogens with zero attached hydrogens (tertiary/aromatic N) is 3. The molecule has 11 heteroatoms. The molecule has 170 valence electrons. The van der Waals surface area contributed by atoms with Gasteiger partial charge in [0.25, 0.3) is 5.91 Å². The number of halogens is 2. The fraction of sp³-hybridized carbons (Fsp3) is 0.333. The number of ether oxygens (including phenoxy) is 1. The minimum atomic E-state index is -3.67. The Balaban J connectivity index is 1.67. The summed E-state index contributed by atoms with van der Waals surface area (Å²) in [4.78, 5) is 17.2. The number of hydrogen-bond donors (Lipinski definition) is 0. The van der Waals surface area contributed by atoms with E-state index >= 15 is 0 Å². The number of carbonyl (C=O) groups excluding carboxylic acids is 1. The lowest BCUT2D eigenvalue weighted by molar-refractivity contribution is 0.0730. The summed E-state index contributed by atoms with van der Waals surface area (Å²) in [6.45, 7) is 3.54. The second kappa shape index (κ2) is 9.18. The van der Waals surface area contributed by atoms with Crippen molar-refractivity contribution in [2.45, 2.75) is 24.8 Å². The quantitative estimate of drug-likeness (QED) is 0.561. The zero-order valence-electron chi connectivity index (χ0n) is 17.3. The summed E-state index contributed by atoms with van der Waals surface area (Å²) in [6, 6.07) is 7.56. The van der Waals surface area contributed by atoms with E-state index < -0.39 is 27.6 Å². The number of hydrogen-bond acceptors (Lipinski definition) is 5.